The maximum Gasteiger partial charge on any atom is 0.174 e. The van der Waals surface area contributed by atoms with Crippen molar-refractivity contribution in [3.63, 3.8) is 0 Å². The Morgan fingerprint density at radius 3 is 2.96 bits per heavy atom. The molecule has 4 aliphatic rings. The SMILES string of the molecule is COc1ccc2c3c1O[C@H]1C(=O)CC[C@@]4(O)[C@@H](C2)[N+](C)([O-])CC[C@]314. The molecule has 5 atom stereocenters. The van der Waals surface area contributed by atoms with E-state index in [0.717, 1.165) is 11.1 Å². The second kappa shape index (κ2) is 4.12. The van der Waals surface area contributed by atoms with Gasteiger partial charge in [0.2, 0.25) is 0 Å². The highest BCUT2D eigenvalue weighted by Gasteiger charge is 2.75. The molecule has 1 saturated carbocycles. The summed E-state index contributed by atoms with van der Waals surface area (Å²) in [5, 5.41) is 24.8. The zero-order valence-corrected chi connectivity index (χ0v) is 13.9. The molecule has 1 spiro atoms. The van der Waals surface area contributed by atoms with Crippen molar-refractivity contribution in [1.82, 2.24) is 0 Å². The minimum atomic E-state index is -1.20. The lowest BCUT2D eigenvalue weighted by molar-refractivity contribution is -0.904. The number of quaternary nitrogens is 1. The lowest BCUT2D eigenvalue weighted by atomic mass is 9.49. The number of carbonyl (C=O) groups is 1. The fourth-order valence-corrected chi connectivity index (χ4v) is 5.86. The standard InChI is InChI=1S/C18H21NO5/c1-19(22)8-7-17-14-10-3-4-12(23-2)15(14)24-16(17)11(20)5-6-18(17,21)13(19)9-10/h3-4,13,16,21H,5-9H2,1-2H3/t13-,16+,17+,18-,19?/m1/s1. The molecule has 1 saturated heterocycles. The number of likely N-dealkylation sites (tertiary alicyclic amines) is 1. The van der Waals surface area contributed by atoms with Crippen molar-refractivity contribution in [1.29, 1.82) is 0 Å². The van der Waals surface area contributed by atoms with Crippen LogP contribution in [-0.4, -0.2) is 54.0 Å². The van der Waals surface area contributed by atoms with Crippen LogP contribution in [0, 0.1) is 5.21 Å². The molecule has 1 unspecified atom stereocenters. The van der Waals surface area contributed by atoms with E-state index in [1.54, 1.807) is 14.2 Å². The summed E-state index contributed by atoms with van der Waals surface area (Å²) in [7, 11) is 3.22. The molecule has 24 heavy (non-hydrogen) atoms. The van der Waals surface area contributed by atoms with E-state index >= 15 is 0 Å². The Balaban J connectivity index is 1.86. The van der Waals surface area contributed by atoms with E-state index in [1.165, 1.54) is 0 Å². The number of aliphatic hydroxyl groups is 1. The van der Waals surface area contributed by atoms with Gasteiger partial charge in [0.15, 0.2) is 23.4 Å². The van der Waals surface area contributed by atoms with Crippen LogP contribution >= 0.6 is 0 Å². The second-order valence-electron chi connectivity index (χ2n) is 7.86. The molecule has 6 nitrogen and oxygen atoms in total. The predicted molar refractivity (Wildman–Crippen MR) is 84.8 cm³/mol. The molecule has 2 aliphatic carbocycles. The van der Waals surface area contributed by atoms with E-state index in [1.807, 2.05) is 12.1 Å². The summed E-state index contributed by atoms with van der Waals surface area (Å²) in [4.78, 5) is 12.7. The molecular formula is C18H21NO5. The van der Waals surface area contributed by atoms with Crippen LogP contribution in [0.5, 0.6) is 11.5 Å². The number of ketones is 1. The van der Waals surface area contributed by atoms with Crippen LogP contribution in [-0.2, 0) is 16.6 Å². The summed E-state index contributed by atoms with van der Waals surface area (Å²) in [6, 6.07) is 3.33. The van der Waals surface area contributed by atoms with Crippen molar-refractivity contribution < 1.29 is 24.0 Å². The summed E-state index contributed by atoms with van der Waals surface area (Å²) < 4.78 is 11.1. The third kappa shape index (κ3) is 1.35. The van der Waals surface area contributed by atoms with Crippen molar-refractivity contribution >= 4 is 5.78 Å². The van der Waals surface area contributed by atoms with Gasteiger partial charge in [-0.15, -0.1) is 0 Å². The third-order valence-electron chi connectivity index (χ3n) is 6.95. The summed E-state index contributed by atoms with van der Waals surface area (Å²) in [5.74, 6) is 1.21. The Kier molecular flexibility index (Phi) is 2.52. The first-order valence-electron chi connectivity index (χ1n) is 8.53. The van der Waals surface area contributed by atoms with Gasteiger partial charge in [0.25, 0.3) is 0 Å². The Morgan fingerprint density at radius 1 is 1.42 bits per heavy atom. The first-order valence-corrected chi connectivity index (χ1v) is 8.53. The van der Waals surface area contributed by atoms with E-state index in [2.05, 4.69) is 0 Å². The first-order chi connectivity index (χ1) is 11.3. The molecule has 0 radical (unpaired) electrons. The van der Waals surface area contributed by atoms with Gasteiger partial charge < -0.3 is 24.4 Å². The molecule has 6 heteroatoms. The second-order valence-corrected chi connectivity index (χ2v) is 7.86. The number of carbonyl (C=O) groups excluding carboxylic acids is 1. The fraction of sp³-hybridized carbons (Fsp3) is 0.611. The van der Waals surface area contributed by atoms with Gasteiger partial charge in [0, 0.05) is 24.8 Å². The molecule has 128 valence electrons. The smallest absolute Gasteiger partial charge is 0.174 e. The minimum Gasteiger partial charge on any atom is -0.633 e. The zero-order chi connectivity index (χ0) is 16.9. The molecule has 1 N–H and O–H groups in total. The lowest BCUT2D eigenvalue weighted by Gasteiger charge is -2.65. The average Bonchev–Trinajstić information content (AvgIpc) is 2.90. The van der Waals surface area contributed by atoms with E-state index in [0.29, 0.717) is 37.3 Å². The van der Waals surface area contributed by atoms with Crippen LogP contribution in [0.15, 0.2) is 12.1 Å². The number of likely N-dealkylation sites (N-methyl/N-ethyl adjacent to an activating group) is 1. The number of ether oxygens (including phenoxy) is 2. The molecule has 5 rings (SSSR count). The highest BCUT2D eigenvalue weighted by Crippen LogP contribution is 2.65. The maximum absolute atomic E-state index is 13.1. The monoisotopic (exact) mass is 331 g/mol. The van der Waals surface area contributed by atoms with Crippen LogP contribution in [0.3, 0.4) is 0 Å². The number of hydrogen-bond acceptors (Lipinski definition) is 5. The van der Waals surface area contributed by atoms with Gasteiger partial charge in [0.1, 0.15) is 11.6 Å². The Bertz CT molecular complexity index is 775. The van der Waals surface area contributed by atoms with Gasteiger partial charge >= 0.3 is 0 Å². The number of rotatable bonds is 1. The van der Waals surface area contributed by atoms with Crippen molar-refractivity contribution in [2.24, 2.45) is 0 Å². The molecule has 0 amide bonds. The Morgan fingerprint density at radius 2 is 2.21 bits per heavy atom. The largest absolute Gasteiger partial charge is 0.633 e. The Hall–Kier alpha value is -1.63. The number of hydroxylamine groups is 3. The molecule has 2 fully saturated rings. The summed E-state index contributed by atoms with van der Waals surface area (Å²) in [6.07, 6.45) is 0.857. The number of benzene rings is 1. The fourth-order valence-electron chi connectivity index (χ4n) is 5.86. The number of Topliss-reactive ketones (excluding diaryl/α,β-unsaturated/α-hetero) is 1. The van der Waals surface area contributed by atoms with E-state index in [9.17, 15) is 15.1 Å². The quantitative estimate of drug-likeness (QED) is 0.615. The van der Waals surface area contributed by atoms with Gasteiger partial charge in [-0.25, -0.2) is 0 Å². The molecule has 0 aromatic heterocycles. The normalized spacial score (nSPS) is 44.8. The highest BCUT2D eigenvalue weighted by molar-refractivity contribution is 5.90. The molecular weight excluding hydrogens is 310 g/mol. The van der Waals surface area contributed by atoms with E-state index < -0.39 is 27.8 Å². The summed E-state index contributed by atoms with van der Waals surface area (Å²) in [6.45, 7) is 0.385. The minimum absolute atomic E-state index is 0.0199. The molecule has 1 aromatic rings. The third-order valence-corrected chi connectivity index (χ3v) is 6.95. The van der Waals surface area contributed by atoms with Crippen LogP contribution in [0.2, 0.25) is 0 Å². The van der Waals surface area contributed by atoms with E-state index in [-0.39, 0.29) is 12.2 Å². The van der Waals surface area contributed by atoms with Crippen molar-refractivity contribution in [2.45, 2.75) is 48.8 Å². The molecule has 1 aromatic carbocycles. The van der Waals surface area contributed by atoms with Gasteiger partial charge in [0.05, 0.1) is 26.1 Å². The number of methoxy groups -OCH3 is 1. The zero-order valence-electron chi connectivity index (χ0n) is 13.9. The van der Waals surface area contributed by atoms with E-state index in [4.69, 9.17) is 9.47 Å². The number of piperidine rings is 1. The van der Waals surface area contributed by atoms with Gasteiger partial charge in [-0.2, -0.15) is 0 Å². The number of nitrogens with zero attached hydrogens (tertiary/aromatic N) is 1. The summed E-state index contributed by atoms with van der Waals surface area (Å²) >= 11 is 0. The van der Waals surface area contributed by atoms with Crippen LogP contribution in [0.25, 0.3) is 0 Å². The van der Waals surface area contributed by atoms with Crippen molar-refractivity contribution in [3.8, 4) is 11.5 Å². The van der Waals surface area contributed by atoms with Crippen LogP contribution in [0.1, 0.15) is 30.4 Å². The lowest BCUT2D eigenvalue weighted by Crippen LogP contribution is -2.79. The van der Waals surface area contributed by atoms with Gasteiger partial charge in [-0.3, -0.25) is 4.79 Å². The maximum atomic E-state index is 13.1. The van der Waals surface area contributed by atoms with Gasteiger partial charge in [-0.05, 0) is 18.1 Å². The topological polar surface area (TPSA) is 78.8 Å². The van der Waals surface area contributed by atoms with Gasteiger partial charge in [-0.1, -0.05) is 6.07 Å². The average molecular weight is 331 g/mol. The predicted octanol–water partition coefficient (Wildman–Crippen LogP) is 1.06. The van der Waals surface area contributed by atoms with Crippen molar-refractivity contribution in [2.75, 3.05) is 20.7 Å². The molecule has 2 heterocycles. The van der Waals surface area contributed by atoms with Crippen molar-refractivity contribution in [3.05, 3.63) is 28.5 Å². The molecule has 2 aliphatic heterocycles. The van der Waals surface area contributed by atoms with Crippen LogP contribution < -0.4 is 9.47 Å². The first kappa shape index (κ1) is 14.7. The van der Waals surface area contributed by atoms with Crippen LogP contribution in [0.4, 0.5) is 0 Å². The summed E-state index contributed by atoms with van der Waals surface area (Å²) in [5.41, 5.74) is -0.0756. The number of hydrogen-bond donors (Lipinski definition) is 1. The highest BCUT2D eigenvalue weighted by atomic mass is 16.6. The molecule has 2 bridgehead atoms. The Labute approximate surface area is 140 Å².